The van der Waals surface area contributed by atoms with Gasteiger partial charge in [0.1, 0.15) is 5.75 Å². The molecule has 2 aliphatic rings. The fourth-order valence-corrected chi connectivity index (χ4v) is 3.27. The van der Waals surface area contributed by atoms with Gasteiger partial charge in [-0.2, -0.15) is 0 Å². The number of hydrogen-bond acceptors (Lipinski definition) is 2. The van der Waals surface area contributed by atoms with Crippen LogP contribution in [-0.2, 0) is 6.42 Å². The molecule has 3 rings (SSSR count). The number of aryl methyl sites for hydroxylation is 1. The Hall–Kier alpha value is -1.28. The van der Waals surface area contributed by atoms with Crippen molar-refractivity contribution in [1.82, 2.24) is 0 Å². The van der Waals surface area contributed by atoms with E-state index in [4.69, 9.17) is 0 Å². The lowest BCUT2D eigenvalue weighted by Crippen LogP contribution is -2.20. The monoisotopic (exact) mass is 244 g/mol. The zero-order valence-corrected chi connectivity index (χ0v) is 10.6. The van der Waals surface area contributed by atoms with E-state index >= 15 is 0 Å². The van der Waals surface area contributed by atoms with Gasteiger partial charge in [-0.25, -0.2) is 0 Å². The van der Waals surface area contributed by atoms with Crippen molar-refractivity contribution in [3.8, 4) is 5.75 Å². The Morgan fingerprint density at radius 3 is 2.56 bits per heavy atom. The molecule has 0 radical (unpaired) electrons. The predicted molar refractivity (Wildman–Crippen MR) is 72.4 cm³/mol. The Bertz CT molecular complexity index is 468. The molecule has 1 saturated carbocycles. The first kappa shape index (κ1) is 11.8. The smallest absolute Gasteiger partial charge is 0.115 e. The van der Waals surface area contributed by atoms with Gasteiger partial charge in [-0.1, -0.05) is 17.7 Å². The van der Waals surface area contributed by atoms with E-state index < -0.39 is 0 Å². The van der Waals surface area contributed by atoms with Gasteiger partial charge in [0.25, 0.3) is 0 Å². The third kappa shape index (κ3) is 2.30. The highest BCUT2D eigenvalue weighted by Crippen LogP contribution is 2.36. The fraction of sp³-hybridized carbons (Fsp3) is 0.500. The van der Waals surface area contributed by atoms with Crippen LogP contribution in [-0.4, -0.2) is 16.3 Å². The van der Waals surface area contributed by atoms with Crippen LogP contribution in [0.15, 0.2) is 23.8 Å². The molecule has 2 N–H and O–H groups in total. The lowest BCUT2D eigenvalue weighted by atomic mass is 9.77. The van der Waals surface area contributed by atoms with Crippen LogP contribution in [0.3, 0.4) is 0 Å². The predicted octanol–water partition coefficient (Wildman–Crippen LogP) is 3.27. The topological polar surface area (TPSA) is 40.5 Å². The second-order valence-corrected chi connectivity index (χ2v) is 5.61. The van der Waals surface area contributed by atoms with Gasteiger partial charge in [0, 0.05) is 0 Å². The zero-order chi connectivity index (χ0) is 12.5. The molecule has 96 valence electrons. The summed E-state index contributed by atoms with van der Waals surface area (Å²) in [6.07, 6.45) is 8.53. The van der Waals surface area contributed by atoms with Gasteiger partial charge in [0.05, 0.1) is 6.10 Å². The molecule has 1 aromatic rings. The maximum Gasteiger partial charge on any atom is 0.115 e. The molecular weight excluding hydrogens is 224 g/mol. The summed E-state index contributed by atoms with van der Waals surface area (Å²) in [5.41, 5.74) is 4.06. The first-order valence-electron chi connectivity index (χ1n) is 6.93. The standard InChI is InChI=1S/C16H20O2/c17-15-6-3-11(4-7-15)12-1-2-14-10-16(18)8-5-13(14)9-12/h5,8-11,15,17-18H,1-4,6-7H2. The van der Waals surface area contributed by atoms with E-state index in [9.17, 15) is 10.2 Å². The lowest BCUT2D eigenvalue weighted by Gasteiger charge is -2.29. The summed E-state index contributed by atoms with van der Waals surface area (Å²) in [4.78, 5) is 0. The molecule has 0 saturated heterocycles. The van der Waals surface area contributed by atoms with Crippen molar-refractivity contribution < 1.29 is 10.2 Å². The van der Waals surface area contributed by atoms with Gasteiger partial charge in [0.2, 0.25) is 0 Å². The Morgan fingerprint density at radius 2 is 1.78 bits per heavy atom. The molecular formula is C16H20O2. The molecule has 2 heteroatoms. The first-order chi connectivity index (χ1) is 8.72. The van der Waals surface area contributed by atoms with Crippen molar-refractivity contribution >= 4 is 6.08 Å². The summed E-state index contributed by atoms with van der Waals surface area (Å²) in [5, 5.41) is 19.0. The second-order valence-electron chi connectivity index (χ2n) is 5.61. The van der Waals surface area contributed by atoms with Crippen molar-refractivity contribution in [2.45, 2.75) is 44.6 Å². The number of hydrogen-bond donors (Lipinski definition) is 2. The van der Waals surface area contributed by atoms with E-state index in [1.165, 1.54) is 11.1 Å². The zero-order valence-electron chi connectivity index (χ0n) is 10.6. The molecule has 0 aliphatic heterocycles. The molecule has 0 unspecified atom stereocenters. The molecule has 2 aliphatic carbocycles. The van der Waals surface area contributed by atoms with Crippen LogP contribution < -0.4 is 0 Å². The first-order valence-corrected chi connectivity index (χ1v) is 6.93. The van der Waals surface area contributed by atoms with Crippen molar-refractivity contribution in [1.29, 1.82) is 0 Å². The largest absolute Gasteiger partial charge is 0.508 e. The Morgan fingerprint density at radius 1 is 1.00 bits per heavy atom. The number of allylic oxidation sites excluding steroid dienone is 1. The highest BCUT2D eigenvalue weighted by Gasteiger charge is 2.24. The highest BCUT2D eigenvalue weighted by atomic mass is 16.3. The quantitative estimate of drug-likeness (QED) is 0.796. The maximum atomic E-state index is 9.57. The Kier molecular flexibility index (Phi) is 3.13. The fourth-order valence-electron chi connectivity index (χ4n) is 3.27. The number of aliphatic hydroxyl groups is 1. The van der Waals surface area contributed by atoms with E-state index in [1.807, 2.05) is 12.1 Å². The third-order valence-electron chi connectivity index (χ3n) is 4.37. The van der Waals surface area contributed by atoms with Crippen LogP contribution in [0.5, 0.6) is 5.75 Å². The van der Waals surface area contributed by atoms with Crippen molar-refractivity contribution in [2.75, 3.05) is 0 Å². The summed E-state index contributed by atoms with van der Waals surface area (Å²) >= 11 is 0. The molecule has 0 atom stereocenters. The van der Waals surface area contributed by atoms with Gasteiger partial charge < -0.3 is 10.2 Å². The number of fused-ring (bicyclic) bond motifs is 1. The number of phenols is 1. The average molecular weight is 244 g/mol. The summed E-state index contributed by atoms with van der Waals surface area (Å²) in [7, 11) is 0. The number of benzene rings is 1. The van der Waals surface area contributed by atoms with Crippen LogP contribution >= 0.6 is 0 Å². The molecule has 1 fully saturated rings. The van der Waals surface area contributed by atoms with Crippen molar-refractivity contribution in [3.63, 3.8) is 0 Å². The van der Waals surface area contributed by atoms with Gasteiger partial charge in [0.15, 0.2) is 0 Å². The van der Waals surface area contributed by atoms with Crippen molar-refractivity contribution in [3.05, 3.63) is 34.9 Å². The summed E-state index contributed by atoms with van der Waals surface area (Å²) in [6, 6.07) is 5.66. The maximum absolute atomic E-state index is 9.57. The average Bonchev–Trinajstić information content (AvgIpc) is 2.39. The van der Waals surface area contributed by atoms with E-state index in [0.29, 0.717) is 11.7 Å². The molecule has 2 nitrogen and oxygen atoms in total. The molecule has 1 aromatic carbocycles. The SMILES string of the molecule is Oc1ccc2c(c1)CCC(C1CCC(O)CC1)=C2. The van der Waals surface area contributed by atoms with E-state index in [-0.39, 0.29) is 6.10 Å². The van der Waals surface area contributed by atoms with Gasteiger partial charge in [-0.3, -0.25) is 0 Å². The van der Waals surface area contributed by atoms with Gasteiger partial charge in [-0.05, 0) is 67.7 Å². The van der Waals surface area contributed by atoms with Gasteiger partial charge in [-0.15, -0.1) is 0 Å². The molecule has 0 spiro atoms. The van der Waals surface area contributed by atoms with E-state index in [1.54, 1.807) is 11.6 Å². The minimum atomic E-state index is -0.0744. The summed E-state index contributed by atoms with van der Waals surface area (Å²) < 4.78 is 0. The molecule has 18 heavy (non-hydrogen) atoms. The number of rotatable bonds is 1. The second kappa shape index (κ2) is 4.77. The molecule has 0 heterocycles. The Balaban J connectivity index is 1.81. The minimum absolute atomic E-state index is 0.0744. The van der Waals surface area contributed by atoms with Crippen LogP contribution in [0.4, 0.5) is 0 Å². The molecule has 0 aromatic heterocycles. The van der Waals surface area contributed by atoms with Crippen LogP contribution in [0, 0.1) is 5.92 Å². The van der Waals surface area contributed by atoms with E-state index in [2.05, 4.69) is 6.08 Å². The molecule has 0 amide bonds. The number of phenolic OH excluding ortho intramolecular Hbond substituents is 1. The lowest BCUT2D eigenvalue weighted by molar-refractivity contribution is 0.115. The summed E-state index contributed by atoms with van der Waals surface area (Å²) in [5.74, 6) is 1.03. The van der Waals surface area contributed by atoms with Gasteiger partial charge >= 0.3 is 0 Å². The van der Waals surface area contributed by atoms with Crippen LogP contribution in [0.25, 0.3) is 6.08 Å². The van der Waals surface area contributed by atoms with E-state index in [0.717, 1.165) is 38.5 Å². The third-order valence-corrected chi connectivity index (χ3v) is 4.37. The summed E-state index contributed by atoms with van der Waals surface area (Å²) in [6.45, 7) is 0. The van der Waals surface area contributed by atoms with Crippen LogP contribution in [0.2, 0.25) is 0 Å². The van der Waals surface area contributed by atoms with Crippen LogP contribution in [0.1, 0.15) is 43.2 Å². The highest BCUT2D eigenvalue weighted by molar-refractivity contribution is 5.61. The molecule has 0 bridgehead atoms. The number of aromatic hydroxyl groups is 1. The Labute approximate surface area is 108 Å². The number of aliphatic hydroxyl groups excluding tert-OH is 1. The normalized spacial score (nSPS) is 27.5. The van der Waals surface area contributed by atoms with Crippen molar-refractivity contribution in [2.24, 2.45) is 5.92 Å². The minimum Gasteiger partial charge on any atom is -0.508 e.